The Morgan fingerprint density at radius 3 is 2.67 bits per heavy atom. The lowest BCUT2D eigenvalue weighted by Gasteiger charge is -2.34. The monoisotopic (exact) mass is 300 g/mol. The lowest BCUT2D eigenvalue weighted by atomic mass is 10.1. The standard InChI is InChI=1S/C14H28N4O3/c1-14(2,3)16-13(20)10-18-5-6-21-11(8-18)7-17(4)9-12(15)19/h11H,5-10H2,1-4H3,(H2,15,19)(H,16,20)/t11-/m0/s1. The molecule has 1 rings (SSSR count). The van der Waals surface area contributed by atoms with E-state index in [0.29, 0.717) is 26.2 Å². The third-order valence-corrected chi connectivity index (χ3v) is 3.05. The van der Waals surface area contributed by atoms with E-state index in [9.17, 15) is 9.59 Å². The first-order chi connectivity index (χ1) is 9.65. The number of amides is 2. The average molecular weight is 300 g/mol. The van der Waals surface area contributed by atoms with E-state index >= 15 is 0 Å². The average Bonchev–Trinajstić information content (AvgIpc) is 2.24. The van der Waals surface area contributed by atoms with E-state index in [-0.39, 0.29) is 30.0 Å². The minimum absolute atomic E-state index is 0.00876. The second-order valence-electron chi connectivity index (χ2n) is 6.69. The predicted octanol–water partition coefficient (Wildman–Crippen LogP) is -0.981. The molecule has 1 aliphatic rings. The maximum atomic E-state index is 11.9. The molecule has 1 aliphatic heterocycles. The Morgan fingerprint density at radius 1 is 1.43 bits per heavy atom. The van der Waals surface area contributed by atoms with Crippen molar-refractivity contribution < 1.29 is 14.3 Å². The zero-order chi connectivity index (χ0) is 16.0. The van der Waals surface area contributed by atoms with Crippen molar-refractivity contribution in [3.63, 3.8) is 0 Å². The zero-order valence-corrected chi connectivity index (χ0v) is 13.5. The van der Waals surface area contributed by atoms with Crippen LogP contribution < -0.4 is 11.1 Å². The van der Waals surface area contributed by atoms with E-state index in [4.69, 9.17) is 10.5 Å². The Kier molecular flexibility index (Phi) is 6.57. The Bertz CT molecular complexity index is 368. The van der Waals surface area contributed by atoms with Crippen molar-refractivity contribution in [3.8, 4) is 0 Å². The number of rotatable bonds is 6. The molecule has 0 bridgehead atoms. The summed E-state index contributed by atoms with van der Waals surface area (Å²) in [4.78, 5) is 26.7. The molecule has 0 aromatic carbocycles. The number of morpholine rings is 1. The summed E-state index contributed by atoms with van der Waals surface area (Å²) in [6.07, 6.45) is -0.00876. The third-order valence-electron chi connectivity index (χ3n) is 3.05. The fourth-order valence-electron chi connectivity index (χ4n) is 2.37. The first kappa shape index (κ1) is 17.9. The van der Waals surface area contributed by atoms with Gasteiger partial charge in [-0.25, -0.2) is 0 Å². The summed E-state index contributed by atoms with van der Waals surface area (Å²) in [5.41, 5.74) is 4.95. The molecule has 21 heavy (non-hydrogen) atoms. The van der Waals surface area contributed by atoms with Crippen LogP contribution in [-0.4, -0.2) is 79.6 Å². The minimum atomic E-state index is -0.352. The first-order valence-electron chi connectivity index (χ1n) is 7.27. The van der Waals surface area contributed by atoms with Gasteiger partial charge in [-0.2, -0.15) is 0 Å². The van der Waals surface area contributed by atoms with Gasteiger partial charge in [0.2, 0.25) is 11.8 Å². The van der Waals surface area contributed by atoms with Crippen LogP contribution in [0.3, 0.4) is 0 Å². The Morgan fingerprint density at radius 2 is 2.10 bits per heavy atom. The molecular weight excluding hydrogens is 272 g/mol. The van der Waals surface area contributed by atoms with Gasteiger partial charge in [0, 0.05) is 25.2 Å². The highest BCUT2D eigenvalue weighted by Crippen LogP contribution is 2.07. The topological polar surface area (TPSA) is 87.9 Å². The number of nitrogens with one attached hydrogen (secondary N) is 1. The summed E-state index contributed by atoms with van der Waals surface area (Å²) in [5.74, 6) is -0.330. The van der Waals surface area contributed by atoms with Crippen LogP contribution in [0, 0.1) is 0 Å². The van der Waals surface area contributed by atoms with Crippen molar-refractivity contribution in [2.45, 2.75) is 32.4 Å². The molecule has 1 saturated heterocycles. The van der Waals surface area contributed by atoms with Crippen LogP contribution in [0.25, 0.3) is 0 Å². The number of carbonyl (C=O) groups excluding carboxylic acids is 2. The molecule has 0 radical (unpaired) electrons. The van der Waals surface area contributed by atoms with E-state index in [0.717, 1.165) is 6.54 Å². The fourth-order valence-corrected chi connectivity index (χ4v) is 2.37. The number of carbonyl (C=O) groups is 2. The van der Waals surface area contributed by atoms with Gasteiger partial charge in [0.05, 0.1) is 25.8 Å². The highest BCUT2D eigenvalue weighted by molar-refractivity contribution is 5.78. The number of hydrogen-bond donors (Lipinski definition) is 2. The van der Waals surface area contributed by atoms with Gasteiger partial charge in [-0.15, -0.1) is 0 Å². The van der Waals surface area contributed by atoms with Crippen molar-refractivity contribution >= 4 is 11.8 Å². The van der Waals surface area contributed by atoms with Gasteiger partial charge in [-0.05, 0) is 27.8 Å². The van der Waals surface area contributed by atoms with Gasteiger partial charge in [0.25, 0.3) is 0 Å². The molecular formula is C14H28N4O3. The van der Waals surface area contributed by atoms with E-state index in [1.54, 1.807) is 0 Å². The molecule has 122 valence electrons. The highest BCUT2D eigenvalue weighted by atomic mass is 16.5. The van der Waals surface area contributed by atoms with Crippen LogP contribution in [0.5, 0.6) is 0 Å². The lowest BCUT2D eigenvalue weighted by molar-refractivity contribution is -0.125. The molecule has 1 fully saturated rings. The molecule has 7 nitrogen and oxygen atoms in total. The van der Waals surface area contributed by atoms with E-state index in [1.807, 2.05) is 32.7 Å². The molecule has 0 saturated carbocycles. The van der Waals surface area contributed by atoms with Crippen LogP contribution >= 0.6 is 0 Å². The molecule has 2 amide bonds. The Balaban J connectivity index is 2.38. The van der Waals surface area contributed by atoms with Crippen molar-refractivity contribution in [1.29, 1.82) is 0 Å². The number of nitrogens with two attached hydrogens (primary N) is 1. The van der Waals surface area contributed by atoms with Crippen LogP contribution in [0.15, 0.2) is 0 Å². The molecule has 0 spiro atoms. The summed E-state index contributed by atoms with van der Waals surface area (Å²) in [6.45, 7) is 9.12. The maximum Gasteiger partial charge on any atom is 0.234 e. The van der Waals surface area contributed by atoms with Gasteiger partial charge in [0.15, 0.2) is 0 Å². The maximum absolute atomic E-state index is 11.9. The second kappa shape index (κ2) is 7.72. The van der Waals surface area contributed by atoms with Gasteiger partial charge >= 0.3 is 0 Å². The normalized spacial score (nSPS) is 20.5. The number of primary amides is 1. The molecule has 0 aliphatic carbocycles. The molecule has 0 unspecified atom stereocenters. The van der Waals surface area contributed by atoms with Gasteiger partial charge < -0.3 is 15.8 Å². The summed E-state index contributed by atoms with van der Waals surface area (Å²) < 4.78 is 5.68. The lowest BCUT2D eigenvalue weighted by Crippen LogP contribution is -2.52. The smallest absolute Gasteiger partial charge is 0.234 e. The first-order valence-corrected chi connectivity index (χ1v) is 7.27. The molecule has 3 N–H and O–H groups in total. The minimum Gasteiger partial charge on any atom is -0.374 e. The Hall–Kier alpha value is -1.18. The Labute approximate surface area is 126 Å². The van der Waals surface area contributed by atoms with Crippen LogP contribution in [-0.2, 0) is 14.3 Å². The van der Waals surface area contributed by atoms with E-state index in [1.165, 1.54) is 0 Å². The van der Waals surface area contributed by atoms with Crippen molar-refractivity contribution in [3.05, 3.63) is 0 Å². The number of ether oxygens (including phenoxy) is 1. The van der Waals surface area contributed by atoms with Gasteiger partial charge in [-0.3, -0.25) is 19.4 Å². The van der Waals surface area contributed by atoms with E-state index < -0.39 is 0 Å². The second-order valence-corrected chi connectivity index (χ2v) is 6.69. The van der Waals surface area contributed by atoms with Crippen LogP contribution in [0.2, 0.25) is 0 Å². The highest BCUT2D eigenvalue weighted by Gasteiger charge is 2.24. The number of hydrogen-bond acceptors (Lipinski definition) is 5. The summed E-state index contributed by atoms with van der Waals surface area (Å²) in [7, 11) is 1.83. The SMILES string of the molecule is CN(CC(N)=O)C[C@H]1CN(CC(=O)NC(C)(C)C)CCO1. The van der Waals surface area contributed by atoms with Crippen molar-refractivity contribution in [1.82, 2.24) is 15.1 Å². The molecule has 7 heteroatoms. The summed E-state index contributed by atoms with van der Waals surface area (Å²) >= 11 is 0. The molecule has 0 aromatic heterocycles. The largest absolute Gasteiger partial charge is 0.374 e. The summed E-state index contributed by atoms with van der Waals surface area (Å²) in [5, 5.41) is 2.96. The van der Waals surface area contributed by atoms with Crippen LogP contribution in [0.1, 0.15) is 20.8 Å². The zero-order valence-electron chi connectivity index (χ0n) is 13.5. The fraction of sp³-hybridized carbons (Fsp3) is 0.857. The van der Waals surface area contributed by atoms with Crippen molar-refractivity contribution in [2.75, 3.05) is 46.4 Å². The number of likely N-dealkylation sites (N-methyl/N-ethyl adjacent to an activating group) is 1. The molecule has 1 atom stereocenters. The molecule has 1 heterocycles. The van der Waals surface area contributed by atoms with Gasteiger partial charge in [0.1, 0.15) is 0 Å². The quantitative estimate of drug-likeness (QED) is 0.658. The predicted molar refractivity (Wildman–Crippen MR) is 80.8 cm³/mol. The molecule has 0 aromatic rings. The van der Waals surface area contributed by atoms with E-state index in [2.05, 4.69) is 10.2 Å². The number of nitrogens with zero attached hydrogens (tertiary/aromatic N) is 2. The van der Waals surface area contributed by atoms with Crippen LogP contribution in [0.4, 0.5) is 0 Å². The summed E-state index contributed by atoms with van der Waals surface area (Å²) in [6, 6.07) is 0. The van der Waals surface area contributed by atoms with Crippen molar-refractivity contribution in [2.24, 2.45) is 5.73 Å². The van der Waals surface area contributed by atoms with Gasteiger partial charge in [-0.1, -0.05) is 0 Å². The third kappa shape index (κ3) is 7.99.